The summed E-state index contributed by atoms with van der Waals surface area (Å²) in [5.41, 5.74) is 0. The zero-order valence-corrected chi connectivity index (χ0v) is 26.1. The molecule has 0 aromatic rings. The average Bonchev–Trinajstić information content (AvgIpc) is 2.86. The molecule has 0 aliphatic rings. The van der Waals surface area contributed by atoms with Crippen LogP contribution in [0.4, 0.5) is 9.59 Å². The minimum atomic E-state index is -0.666. The van der Waals surface area contributed by atoms with E-state index in [-0.39, 0.29) is 6.07 Å². The lowest BCUT2D eigenvalue weighted by atomic mass is 10.1. The van der Waals surface area contributed by atoms with Gasteiger partial charge in [0.25, 0.3) is 0 Å². The van der Waals surface area contributed by atoms with Crippen LogP contribution in [0.15, 0.2) is 0 Å². The second kappa shape index (κ2) is 34.6. The highest BCUT2D eigenvalue weighted by molar-refractivity contribution is 14.1. The van der Waals surface area contributed by atoms with Crippen molar-refractivity contribution in [3.63, 3.8) is 0 Å². The summed E-state index contributed by atoms with van der Waals surface area (Å²) < 4.78 is 19.2. The Hall–Kier alpha value is -0.440. The molecule has 0 radical (unpaired) electrons. The topological polar surface area (TPSA) is 71.1 Å². The first-order valence-electron chi connectivity index (χ1n) is 14.3. The van der Waals surface area contributed by atoms with Gasteiger partial charge in [-0.2, -0.15) is 0 Å². The molecule has 0 N–H and O–H groups in total. The molecule has 0 bridgehead atoms. The highest BCUT2D eigenvalue weighted by Gasteiger charge is 2.02. The summed E-state index contributed by atoms with van der Waals surface area (Å²) >= 11 is 7.19. The highest BCUT2D eigenvalue weighted by atomic mass is 127. The van der Waals surface area contributed by atoms with Crippen molar-refractivity contribution in [3.05, 3.63) is 0 Å². The van der Waals surface area contributed by atoms with Gasteiger partial charge in [0.05, 0.1) is 13.2 Å². The largest absolute Gasteiger partial charge is 0.509 e. The second-order valence-corrected chi connectivity index (χ2v) is 9.91. The van der Waals surface area contributed by atoms with Gasteiger partial charge in [0.1, 0.15) is 4.61 Å². The van der Waals surface area contributed by atoms with E-state index in [1.807, 2.05) is 22.6 Å². The molecule has 36 heavy (non-hydrogen) atoms. The lowest BCUT2D eigenvalue weighted by molar-refractivity contribution is 0.0661. The summed E-state index contributed by atoms with van der Waals surface area (Å²) in [5, 5.41) is 0. The normalized spacial score (nSPS) is 10.3. The monoisotopic (exact) mass is 648 g/mol. The first-order valence-corrected chi connectivity index (χ1v) is 16.4. The number of halogens is 2. The molecule has 0 atom stereocenters. The van der Waals surface area contributed by atoms with Gasteiger partial charge in [0, 0.05) is 0 Å². The van der Waals surface area contributed by atoms with Gasteiger partial charge in [0.2, 0.25) is 0 Å². The second-order valence-electron chi connectivity index (χ2n) is 9.07. The average molecular weight is 649 g/mol. The van der Waals surface area contributed by atoms with Crippen molar-refractivity contribution in [2.45, 2.75) is 142 Å². The fraction of sp³-hybridized carbons (Fsp3) is 0.929. The van der Waals surface area contributed by atoms with E-state index in [0.717, 1.165) is 25.7 Å². The zero-order chi connectivity index (χ0) is 27.0. The minimum absolute atomic E-state index is 0.142. The molecule has 216 valence electrons. The Morgan fingerprint density at radius 3 is 1.11 bits per heavy atom. The van der Waals surface area contributed by atoms with Crippen LogP contribution in [0, 0.1) is 0 Å². The predicted molar refractivity (Wildman–Crippen MR) is 158 cm³/mol. The maximum absolute atomic E-state index is 10.9. The molecule has 0 spiro atoms. The highest BCUT2D eigenvalue weighted by Crippen LogP contribution is 2.11. The summed E-state index contributed by atoms with van der Waals surface area (Å²) in [4.78, 5) is 21.6. The van der Waals surface area contributed by atoms with Gasteiger partial charge in [-0.15, -0.1) is 0 Å². The van der Waals surface area contributed by atoms with Gasteiger partial charge in [0.15, 0.2) is 6.07 Å². The molecule has 0 aliphatic heterocycles. The van der Waals surface area contributed by atoms with Crippen LogP contribution in [0.5, 0.6) is 0 Å². The summed E-state index contributed by atoms with van der Waals surface area (Å²) in [6.07, 6.45) is 24.3. The molecule has 0 saturated carbocycles. The van der Waals surface area contributed by atoms with Crippen molar-refractivity contribution < 1.29 is 28.5 Å². The maximum Gasteiger partial charge on any atom is 0.509 e. The molecular weight excluding hydrogens is 595 g/mol. The standard InChI is InChI=1S/C14H27ClO3.C14H27IO3/c2*1-2-3-4-5-6-7-8-9-10-11-12-17-14(16)18-13-15/h2*2-13H2,1H3. The van der Waals surface area contributed by atoms with E-state index < -0.39 is 12.3 Å². The van der Waals surface area contributed by atoms with E-state index >= 15 is 0 Å². The van der Waals surface area contributed by atoms with Crippen LogP contribution in [0.2, 0.25) is 0 Å². The van der Waals surface area contributed by atoms with Gasteiger partial charge in [-0.25, -0.2) is 9.59 Å². The van der Waals surface area contributed by atoms with Gasteiger partial charge in [-0.05, 0) is 35.4 Å². The maximum atomic E-state index is 10.9. The molecule has 6 nitrogen and oxygen atoms in total. The summed E-state index contributed by atoms with van der Waals surface area (Å²) in [7, 11) is 0. The molecule has 0 amide bonds. The van der Waals surface area contributed by atoms with Crippen LogP contribution in [0.3, 0.4) is 0 Å². The van der Waals surface area contributed by atoms with E-state index in [0.29, 0.717) is 17.8 Å². The third-order valence-electron chi connectivity index (χ3n) is 5.78. The number of carbonyl (C=O) groups excluding carboxylic acids is 2. The number of alkyl halides is 2. The number of unbranched alkanes of at least 4 members (excludes halogenated alkanes) is 18. The molecule has 0 aromatic heterocycles. The van der Waals surface area contributed by atoms with Crippen LogP contribution in [0.1, 0.15) is 142 Å². The fourth-order valence-electron chi connectivity index (χ4n) is 3.66. The van der Waals surface area contributed by atoms with E-state index in [2.05, 4.69) is 23.3 Å². The molecule has 0 unspecified atom stereocenters. The molecule has 8 heteroatoms. The zero-order valence-electron chi connectivity index (χ0n) is 23.2. The first-order chi connectivity index (χ1) is 17.6. The van der Waals surface area contributed by atoms with E-state index in [4.69, 9.17) is 21.1 Å². The Labute approximate surface area is 240 Å². The van der Waals surface area contributed by atoms with Crippen molar-refractivity contribution in [1.29, 1.82) is 0 Å². The van der Waals surface area contributed by atoms with Crippen LogP contribution in [-0.2, 0) is 18.9 Å². The van der Waals surface area contributed by atoms with E-state index in [1.54, 1.807) is 0 Å². The van der Waals surface area contributed by atoms with Crippen LogP contribution in [-0.4, -0.2) is 36.2 Å². The van der Waals surface area contributed by atoms with Gasteiger partial charge in [-0.1, -0.05) is 141 Å². The summed E-state index contributed by atoms with van der Waals surface area (Å²) in [5.74, 6) is 0. The summed E-state index contributed by atoms with van der Waals surface area (Å²) in [6, 6.07) is -0.142. The fourth-order valence-corrected chi connectivity index (χ4v) is 4.01. The third-order valence-corrected chi connectivity index (χ3v) is 6.20. The number of hydrogen-bond acceptors (Lipinski definition) is 6. The Kier molecular flexibility index (Phi) is 36.2. The molecule has 0 fully saturated rings. The first kappa shape index (κ1) is 37.7. The molecule has 0 rings (SSSR count). The van der Waals surface area contributed by atoms with Crippen molar-refractivity contribution in [1.82, 2.24) is 0 Å². The van der Waals surface area contributed by atoms with Crippen molar-refractivity contribution >= 4 is 46.5 Å². The van der Waals surface area contributed by atoms with Gasteiger partial charge < -0.3 is 18.9 Å². The van der Waals surface area contributed by atoms with Gasteiger partial charge in [-0.3, -0.25) is 0 Å². The molecule has 0 aliphatic carbocycles. The van der Waals surface area contributed by atoms with Crippen molar-refractivity contribution in [3.8, 4) is 0 Å². The van der Waals surface area contributed by atoms with Crippen molar-refractivity contribution in [2.75, 3.05) is 23.9 Å². The Morgan fingerprint density at radius 2 is 0.806 bits per heavy atom. The van der Waals surface area contributed by atoms with E-state index in [1.165, 1.54) is 103 Å². The lowest BCUT2D eigenvalue weighted by Gasteiger charge is -2.04. The van der Waals surface area contributed by atoms with Gasteiger partial charge >= 0.3 is 12.3 Å². The third kappa shape index (κ3) is 35.7. The minimum Gasteiger partial charge on any atom is -0.434 e. The Balaban J connectivity index is 0. The number of hydrogen-bond donors (Lipinski definition) is 0. The summed E-state index contributed by atoms with van der Waals surface area (Å²) in [6.45, 7) is 5.42. The number of carbonyl (C=O) groups is 2. The molecule has 0 aromatic carbocycles. The Bertz CT molecular complexity index is 414. The van der Waals surface area contributed by atoms with Crippen molar-refractivity contribution in [2.24, 2.45) is 0 Å². The van der Waals surface area contributed by atoms with Crippen LogP contribution in [0.25, 0.3) is 0 Å². The SMILES string of the molecule is CCCCCCCCCCCCOC(=O)OCCl.CCCCCCCCCCCCOC(=O)OCI. The smallest absolute Gasteiger partial charge is 0.434 e. The quantitative estimate of drug-likeness (QED) is 0.0449. The number of ether oxygens (including phenoxy) is 4. The van der Waals surface area contributed by atoms with Crippen LogP contribution < -0.4 is 0 Å². The molecule has 0 saturated heterocycles. The van der Waals surface area contributed by atoms with Crippen LogP contribution >= 0.6 is 34.2 Å². The molecular formula is C28H54ClIO6. The number of rotatable bonds is 24. The van der Waals surface area contributed by atoms with E-state index in [9.17, 15) is 9.59 Å². The predicted octanol–water partition coefficient (Wildman–Crippen LogP) is 10.7. The Morgan fingerprint density at radius 1 is 0.500 bits per heavy atom. The lowest BCUT2D eigenvalue weighted by Crippen LogP contribution is -2.07. The molecule has 0 heterocycles.